The molecule has 0 saturated heterocycles. The Labute approximate surface area is 132 Å². The first-order valence-electron chi connectivity index (χ1n) is 7.95. The van der Waals surface area contributed by atoms with Crippen molar-refractivity contribution in [3.63, 3.8) is 0 Å². The van der Waals surface area contributed by atoms with Crippen LogP contribution in [0.5, 0.6) is 0 Å². The first-order chi connectivity index (χ1) is 10.0. The van der Waals surface area contributed by atoms with Gasteiger partial charge in [-0.3, -0.25) is 0 Å². The molecule has 21 heavy (non-hydrogen) atoms. The molecule has 0 radical (unpaired) electrons. The van der Waals surface area contributed by atoms with E-state index < -0.39 is 0 Å². The average Bonchev–Trinajstić information content (AvgIpc) is 3.17. The number of aromatic nitrogens is 1. The van der Waals surface area contributed by atoms with Crippen molar-refractivity contribution in [2.45, 2.75) is 65.3 Å². The van der Waals surface area contributed by atoms with Gasteiger partial charge in [-0.05, 0) is 32.1 Å². The van der Waals surface area contributed by atoms with E-state index in [1.165, 1.54) is 24.1 Å². The van der Waals surface area contributed by atoms with Crippen LogP contribution in [0.25, 0.3) is 0 Å². The van der Waals surface area contributed by atoms with Crippen LogP contribution in [0.1, 0.15) is 50.6 Å². The van der Waals surface area contributed by atoms with Crippen LogP contribution < -0.4 is 10.2 Å². The zero-order valence-corrected chi connectivity index (χ0v) is 14.8. The van der Waals surface area contributed by atoms with Crippen molar-refractivity contribution in [3.05, 3.63) is 10.6 Å². The van der Waals surface area contributed by atoms with Crippen molar-refractivity contribution in [2.75, 3.05) is 19.1 Å². The third kappa shape index (κ3) is 4.94. The molecule has 1 aromatic rings. The van der Waals surface area contributed by atoms with Gasteiger partial charge in [-0.1, -0.05) is 13.8 Å². The van der Waals surface area contributed by atoms with Crippen molar-refractivity contribution in [1.29, 1.82) is 0 Å². The fraction of sp³-hybridized carbons (Fsp3) is 0.812. The van der Waals surface area contributed by atoms with Crippen LogP contribution in [0.15, 0.2) is 0 Å². The number of ether oxygens (including phenoxy) is 1. The Bertz CT molecular complexity index is 443. The van der Waals surface area contributed by atoms with Gasteiger partial charge in [0, 0.05) is 37.7 Å². The molecule has 1 fully saturated rings. The van der Waals surface area contributed by atoms with Gasteiger partial charge >= 0.3 is 0 Å². The predicted octanol–water partition coefficient (Wildman–Crippen LogP) is 3.41. The van der Waals surface area contributed by atoms with Crippen LogP contribution in [0.2, 0.25) is 0 Å². The summed E-state index contributed by atoms with van der Waals surface area (Å²) in [5, 5.41) is 4.70. The SMILES string of the molecule is COCc1nc(N(C)C(C)CC(C)C)sc1CNC1CC1. The van der Waals surface area contributed by atoms with Crippen molar-refractivity contribution < 1.29 is 4.74 Å². The maximum atomic E-state index is 5.31. The molecule has 1 aliphatic carbocycles. The molecule has 120 valence electrons. The summed E-state index contributed by atoms with van der Waals surface area (Å²) >= 11 is 1.81. The second kappa shape index (κ2) is 7.56. The molecule has 0 aromatic carbocycles. The van der Waals surface area contributed by atoms with E-state index >= 15 is 0 Å². The molecule has 1 aromatic heterocycles. The summed E-state index contributed by atoms with van der Waals surface area (Å²) in [4.78, 5) is 8.44. The van der Waals surface area contributed by atoms with Crippen LogP contribution in [-0.4, -0.2) is 31.2 Å². The summed E-state index contributed by atoms with van der Waals surface area (Å²) in [6.45, 7) is 8.35. The topological polar surface area (TPSA) is 37.4 Å². The smallest absolute Gasteiger partial charge is 0.185 e. The third-order valence-electron chi connectivity index (χ3n) is 3.95. The number of nitrogens with one attached hydrogen (secondary N) is 1. The Balaban J connectivity index is 2.05. The van der Waals surface area contributed by atoms with Gasteiger partial charge in [0.1, 0.15) is 0 Å². The average molecular weight is 311 g/mol. The first-order valence-corrected chi connectivity index (χ1v) is 8.76. The maximum absolute atomic E-state index is 5.31. The van der Waals surface area contributed by atoms with Crippen LogP contribution in [0.3, 0.4) is 0 Å². The lowest BCUT2D eigenvalue weighted by atomic mass is 10.0. The van der Waals surface area contributed by atoms with E-state index in [1.54, 1.807) is 18.4 Å². The van der Waals surface area contributed by atoms with Gasteiger partial charge in [-0.25, -0.2) is 4.98 Å². The predicted molar refractivity (Wildman–Crippen MR) is 90.0 cm³/mol. The summed E-state index contributed by atoms with van der Waals surface area (Å²) in [5.74, 6) is 0.705. The number of nitrogens with zero attached hydrogens (tertiary/aromatic N) is 2. The molecule has 1 N–H and O–H groups in total. The number of thiazole rings is 1. The van der Waals surface area contributed by atoms with Gasteiger partial charge in [0.2, 0.25) is 0 Å². The fourth-order valence-corrected chi connectivity index (χ4v) is 3.54. The van der Waals surface area contributed by atoms with E-state index in [-0.39, 0.29) is 0 Å². The van der Waals surface area contributed by atoms with Crippen molar-refractivity contribution in [2.24, 2.45) is 5.92 Å². The highest BCUT2D eigenvalue weighted by Crippen LogP contribution is 2.29. The van der Waals surface area contributed by atoms with E-state index in [9.17, 15) is 0 Å². The molecule has 1 atom stereocenters. The quantitative estimate of drug-likeness (QED) is 0.758. The highest BCUT2D eigenvalue weighted by Gasteiger charge is 2.23. The molecule has 0 spiro atoms. The Morgan fingerprint density at radius 2 is 2.10 bits per heavy atom. The molecule has 2 rings (SSSR count). The standard InChI is InChI=1S/C16H29N3OS/c1-11(2)8-12(3)19(4)16-18-14(10-20-5)15(21-16)9-17-13-6-7-13/h11-13,17H,6-10H2,1-5H3. The first kappa shape index (κ1) is 16.7. The summed E-state index contributed by atoms with van der Waals surface area (Å²) in [6, 6.07) is 1.24. The fourth-order valence-electron chi connectivity index (χ4n) is 2.46. The summed E-state index contributed by atoms with van der Waals surface area (Å²) < 4.78 is 5.31. The van der Waals surface area contributed by atoms with E-state index in [0.29, 0.717) is 18.6 Å². The highest BCUT2D eigenvalue weighted by atomic mass is 32.1. The van der Waals surface area contributed by atoms with Gasteiger partial charge in [0.05, 0.1) is 12.3 Å². The van der Waals surface area contributed by atoms with Crippen LogP contribution in [0, 0.1) is 5.92 Å². The van der Waals surface area contributed by atoms with E-state index in [4.69, 9.17) is 9.72 Å². The van der Waals surface area contributed by atoms with Gasteiger partial charge in [-0.15, -0.1) is 11.3 Å². The van der Waals surface area contributed by atoms with Crippen LogP contribution in [-0.2, 0) is 17.9 Å². The van der Waals surface area contributed by atoms with Crippen molar-refractivity contribution in [1.82, 2.24) is 10.3 Å². The molecular formula is C16H29N3OS. The molecule has 5 heteroatoms. The summed E-state index contributed by atoms with van der Waals surface area (Å²) in [5.41, 5.74) is 1.09. The third-order valence-corrected chi connectivity index (χ3v) is 5.14. The summed E-state index contributed by atoms with van der Waals surface area (Å²) in [7, 11) is 3.89. The van der Waals surface area contributed by atoms with Gasteiger partial charge in [0.15, 0.2) is 5.13 Å². The van der Waals surface area contributed by atoms with Gasteiger partial charge < -0.3 is 15.0 Å². The molecular weight excluding hydrogens is 282 g/mol. The second-order valence-electron chi connectivity index (χ2n) is 6.54. The normalized spacial score (nSPS) is 16.5. The number of methoxy groups -OCH3 is 1. The lowest BCUT2D eigenvalue weighted by molar-refractivity contribution is 0.181. The molecule has 0 bridgehead atoms. The lowest BCUT2D eigenvalue weighted by Crippen LogP contribution is -2.29. The van der Waals surface area contributed by atoms with E-state index in [0.717, 1.165) is 23.4 Å². The molecule has 1 unspecified atom stereocenters. The number of hydrogen-bond donors (Lipinski definition) is 1. The van der Waals surface area contributed by atoms with E-state index in [2.05, 4.69) is 38.0 Å². The van der Waals surface area contributed by atoms with Crippen molar-refractivity contribution in [3.8, 4) is 0 Å². The minimum atomic E-state index is 0.510. The van der Waals surface area contributed by atoms with Crippen LogP contribution >= 0.6 is 11.3 Å². The Kier molecular flexibility index (Phi) is 6.02. The molecule has 4 nitrogen and oxygen atoms in total. The number of anilines is 1. The maximum Gasteiger partial charge on any atom is 0.185 e. The zero-order valence-electron chi connectivity index (χ0n) is 14.0. The minimum Gasteiger partial charge on any atom is -0.378 e. The molecule has 1 heterocycles. The molecule has 1 aliphatic rings. The minimum absolute atomic E-state index is 0.510. The highest BCUT2D eigenvalue weighted by molar-refractivity contribution is 7.15. The largest absolute Gasteiger partial charge is 0.378 e. The Morgan fingerprint density at radius 3 is 2.67 bits per heavy atom. The molecule has 1 saturated carbocycles. The van der Waals surface area contributed by atoms with Crippen molar-refractivity contribution >= 4 is 16.5 Å². The second-order valence-corrected chi connectivity index (χ2v) is 7.61. The van der Waals surface area contributed by atoms with Gasteiger partial charge in [0.25, 0.3) is 0 Å². The Hall–Kier alpha value is -0.650. The molecule has 0 aliphatic heterocycles. The van der Waals surface area contributed by atoms with E-state index in [1.807, 2.05) is 0 Å². The van der Waals surface area contributed by atoms with Crippen LogP contribution in [0.4, 0.5) is 5.13 Å². The zero-order chi connectivity index (χ0) is 15.4. The molecule has 0 amide bonds. The van der Waals surface area contributed by atoms with Gasteiger partial charge in [-0.2, -0.15) is 0 Å². The number of hydrogen-bond acceptors (Lipinski definition) is 5. The number of rotatable bonds is 9. The lowest BCUT2D eigenvalue weighted by Gasteiger charge is -2.25. The monoisotopic (exact) mass is 311 g/mol. The summed E-state index contributed by atoms with van der Waals surface area (Å²) in [6.07, 6.45) is 3.82. The Morgan fingerprint density at radius 1 is 1.38 bits per heavy atom.